The summed E-state index contributed by atoms with van der Waals surface area (Å²) in [5.41, 5.74) is 5.31. The molecule has 2 aliphatic rings. The first-order valence-electron chi connectivity index (χ1n) is 8.46. The summed E-state index contributed by atoms with van der Waals surface area (Å²) in [6, 6.07) is 17.3. The third-order valence-electron chi connectivity index (χ3n) is 4.92. The number of rotatable bonds is 4. The van der Waals surface area contributed by atoms with E-state index >= 15 is 0 Å². The van der Waals surface area contributed by atoms with E-state index in [0.717, 1.165) is 13.2 Å². The third-order valence-corrected chi connectivity index (χ3v) is 4.92. The van der Waals surface area contributed by atoms with E-state index in [2.05, 4.69) is 53.4 Å². The minimum atomic E-state index is 0.109. The van der Waals surface area contributed by atoms with Crippen LogP contribution in [0.3, 0.4) is 0 Å². The van der Waals surface area contributed by atoms with Crippen LogP contribution >= 0.6 is 0 Å². The number of hydrogen-bond donors (Lipinski definition) is 0. The summed E-state index contributed by atoms with van der Waals surface area (Å²) in [5, 5.41) is 0. The van der Waals surface area contributed by atoms with E-state index in [-0.39, 0.29) is 6.10 Å². The van der Waals surface area contributed by atoms with Gasteiger partial charge in [0.25, 0.3) is 0 Å². The maximum absolute atomic E-state index is 6.32. The van der Waals surface area contributed by atoms with Gasteiger partial charge in [0.2, 0.25) is 0 Å². The lowest BCUT2D eigenvalue weighted by Gasteiger charge is -2.27. The summed E-state index contributed by atoms with van der Waals surface area (Å²) in [6.07, 6.45) is 4.18. The Balaban J connectivity index is 1.49. The molecule has 0 radical (unpaired) electrons. The Morgan fingerprint density at radius 2 is 1.41 bits per heavy atom. The van der Waals surface area contributed by atoms with Crippen molar-refractivity contribution in [1.29, 1.82) is 0 Å². The maximum atomic E-state index is 6.32. The summed E-state index contributed by atoms with van der Waals surface area (Å²) < 4.78 is 6.32. The molecule has 0 amide bonds. The van der Waals surface area contributed by atoms with Crippen LogP contribution in [0.5, 0.6) is 0 Å². The van der Waals surface area contributed by atoms with Crippen molar-refractivity contribution in [3.63, 3.8) is 0 Å². The summed E-state index contributed by atoms with van der Waals surface area (Å²) >= 11 is 0. The van der Waals surface area contributed by atoms with Crippen LogP contribution in [0.25, 0.3) is 11.1 Å². The molecule has 0 saturated carbocycles. The molecule has 0 aromatic heterocycles. The van der Waals surface area contributed by atoms with Crippen LogP contribution < -0.4 is 0 Å². The first kappa shape index (κ1) is 14.0. The Bertz CT molecular complexity index is 600. The van der Waals surface area contributed by atoms with E-state index in [1.165, 1.54) is 54.6 Å². The largest absolute Gasteiger partial charge is 0.367 e. The Morgan fingerprint density at radius 3 is 2.05 bits per heavy atom. The molecule has 4 rings (SSSR count). The Labute approximate surface area is 132 Å². The molecule has 2 aromatic rings. The van der Waals surface area contributed by atoms with E-state index < -0.39 is 0 Å². The van der Waals surface area contributed by atoms with Crippen LogP contribution in [0.15, 0.2) is 48.5 Å². The molecule has 1 aliphatic heterocycles. The third kappa shape index (κ3) is 2.57. The minimum Gasteiger partial charge on any atom is -0.367 e. The van der Waals surface area contributed by atoms with Gasteiger partial charge in [0, 0.05) is 6.54 Å². The van der Waals surface area contributed by atoms with Crippen molar-refractivity contribution >= 4 is 0 Å². The molecule has 2 aromatic carbocycles. The molecule has 1 saturated heterocycles. The van der Waals surface area contributed by atoms with Gasteiger partial charge in [0.1, 0.15) is 6.10 Å². The van der Waals surface area contributed by atoms with Gasteiger partial charge < -0.3 is 9.64 Å². The van der Waals surface area contributed by atoms with E-state index in [9.17, 15) is 0 Å². The quantitative estimate of drug-likeness (QED) is 0.835. The fourth-order valence-electron chi connectivity index (χ4n) is 3.77. The van der Waals surface area contributed by atoms with Gasteiger partial charge in [-0.1, -0.05) is 55.0 Å². The summed E-state index contributed by atoms with van der Waals surface area (Å²) in [6.45, 7) is 4.34. The highest BCUT2D eigenvalue weighted by molar-refractivity contribution is 5.77. The van der Waals surface area contributed by atoms with E-state index in [4.69, 9.17) is 4.74 Å². The predicted octanol–water partition coefficient (Wildman–Crippen LogP) is 4.26. The summed E-state index contributed by atoms with van der Waals surface area (Å²) in [7, 11) is 0. The molecule has 1 aliphatic carbocycles. The van der Waals surface area contributed by atoms with Crippen LogP contribution in [0.2, 0.25) is 0 Å². The van der Waals surface area contributed by atoms with Crippen molar-refractivity contribution in [3.8, 4) is 11.1 Å². The Hall–Kier alpha value is -1.64. The zero-order valence-electron chi connectivity index (χ0n) is 13.0. The molecule has 22 heavy (non-hydrogen) atoms. The van der Waals surface area contributed by atoms with Crippen molar-refractivity contribution in [1.82, 2.24) is 4.90 Å². The highest BCUT2D eigenvalue weighted by atomic mass is 16.5. The second-order valence-electron chi connectivity index (χ2n) is 6.33. The molecular formula is C20H23NO. The monoisotopic (exact) mass is 293 g/mol. The number of nitrogens with zero attached hydrogens (tertiary/aromatic N) is 1. The number of piperidine rings is 1. The molecule has 114 valence electrons. The van der Waals surface area contributed by atoms with Gasteiger partial charge in [-0.15, -0.1) is 0 Å². The molecule has 0 atom stereocenters. The fraction of sp³-hybridized carbons (Fsp3) is 0.400. The predicted molar refractivity (Wildman–Crippen MR) is 90.0 cm³/mol. The number of benzene rings is 2. The molecule has 2 nitrogen and oxygen atoms in total. The Kier molecular flexibility index (Phi) is 3.96. The van der Waals surface area contributed by atoms with Gasteiger partial charge in [0.15, 0.2) is 0 Å². The highest BCUT2D eigenvalue weighted by Gasteiger charge is 2.28. The van der Waals surface area contributed by atoms with Gasteiger partial charge in [-0.3, -0.25) is 0 Å². The molecule has 2 heteroatoms. The lowest BCUT2D eigenvalue weighted by molar-refractivity contribution is 0.0580. The zero-order valence-corrected chi connectivity index (χ0v) is 13.0. The van der Waals surface area contributed by atoms with Crippen molar-refractivity contribution in [2.45, 2.75) is 25.4 Å². The SMILES string of the molecule is c1ccc2c(c1)-c1ccccc1C2OCCN1CCCCC1. The van der Waals surface area contributed by atoms with Crippen LogP contribution in [-0.4, -0.2) is 31.1 Å². The average molecular weight is 293 g/mol. The first-order valence-corrected chi connectivity index (χ1v) is 8.46. The molecular weight excluding hydrogens is 270 g/mol. The number of fused-ring (bicyclic) bond motifs is 3. The van der Waals surface area contributed by atoms with Crippen molar-refractivity contribution in [2.24, 2.45) is 0 Å². The summed E-state index contributed by atoms with van der Waals surface area (Å²) in [4.78, 5) is 2.54. The number of hydrogen-bond acceptors (Lipinski definition) is 2. The van der Waals surface area contributed by atoms with Gasteiger partial charge in [0.05, 0.1) is 6.61 Å². The van der Waals surface area contributed by atoms with E-state index in [0.29, 0.717) is 0 Å². The van der Waals surface area contributed by atoms with Crippen molar-refractivity contribution in [2.75, 3.05) is 26.2 Å². The lowest BCUT2D eigenvalue weighted by atomic mass is 10.1. The smallest absolute Gasteiger partial charge is 0.109 e. The lowest BCUT2D eigenvalue weighted by Crippen LogP contribution is -2.32. The van der Waals surface area contributed by atoms with Gasteiger partial charge >= 0.3 is 0 Å². The fourth-order valence-corrected chi connectivity index (χ4v) is 3.77. The highest BCUT2D eigenvalue weighted by Crippen LogP contribution is 2.44. The second-order valence-corrected chi connectivity index (χ2v) is 6.33. The molecule has 1 fully saturated rings. The molecule has 0 bridgehead atoms. The van der Waals surface area contributed by atoms with Crippen LogP contribution in [0.1, 0.15) is 36.5 Å². The van der Waals surface area contributed by atoms with Crippen LogP contribution in [0.4, 0.5) is 0 Å². The normalized spacial score (nSPS) is 18.2. The van der Waals surface area contributed by atoms with Gasteiger partial charge in [-0.05, 0) is 48.2 Å². The average Bonchev–Trinajstić information content (AvgIpc) is 2.91. The van der Waals surface area contributed by atoms with Gasteiger partial charge in [-0.25, -0.2) is 0 Å². The topological polar surface area (TPSA) is 12.5 Å². The molecule has 1 heterocycles. The number of ether oxygens (including phenoxy) is 1. The number of likely N-dealkylation sites (tertiary alicyclic amines) is 1. The molecule has 0 spiro atoms. The standard InChI is InChI=1S/C20H23NO/c1-6-12-21(13-7-1)14-15-22-20-18-10-4-2-8-16(18)17-9-3-5-11-19(17)20/h2-5,8-11,20H,1,6-7,12-15H2. The molecule has 0 unspecified atom stereocenters. The van der Waals surface area contributed by atoms with E-state index in [1.807, 2.05) is 0 Å². The van der Waals surface area contributed by atoms with Crippen molar-refractivity contribution in [3.05, 3.63) is 59.7 Å². The van der Waals surface area contributed by atoms with Crippen molar-refractivity contribution < 1.29 is 4.74 Å². The zero-order chi connectivity index (χ0) is 14.8. The Morgan fingerprint density at radius 1 is 0.818 bits per heavy atom. The van der Waals surface area contributed by atoms with Gasteiger partial charge in [-0.2, -0.15) is 0 Å². The second kappa shape index (κ2) is 6.23. The maximum Gasteiger partial charge on any atom is 0.109 e. The van der Waals surface area contributed by atoms with Crippen LogP contribution in [-0.2, 0) is 4.74 Å². The van der Waals surface area contributed by atoms with E-state index in [1.54, 1.807) is 0 Å². The first-order chi connectivity index (χ1) is 10.9. The summed E-state index contributed by atoms with van der Waals surface area (Å²) in [5.74, 6) is 0. The minimum absolute atomic E-state index is 0.109. The van der Waals surface area contributed by atoms with Crippen LogP contribution in [0, 0.1) is 0 Å². The molecule has 0 N–H and O–H groups in total.